The number of rotatable bonds is 12. The van der Waals surface area contributed by atoms with E-state index in [1.807, 2.05) is 0 Å². The number of phenolic OH excluding ortho intramolecular Hbond substituents is 1. The van der Waals surface area contributed by atoms with Crippen LogP contribution in [0.25, 0.3) is 10.8 Å². The summed E-state index contributed by atoms with van der Waals surface area (Å²) in [4.78, 5) is -0.961. The maximum atomic E-state index is 12.2. The lowest BCUT2D eigenvalue weighted by Gasteiger charge is -2.11. The minimum absolute atomic E-state index is 0.00499. The van der Waals surface area contributed by atoms with Crippen LogP contribution in [0, 0.1) is 0 Å². The molecule has 0 bridgehead atoms. The molecule has 232 valence electrons. The average molecular weight is 707 g/mol. The number of benzene rings is 4. The Morgan fingerprint density at radius 1 is 0.705 bits per heavy atom. The van der Waals surface area contributed by atoms with Gasteiger partial charge in [0.15, 0.2) is 5.75 Å². The first-order chi connectivity index (χ1) is 20.8. The van der Waals surface area contributed by atoms with Gasteiger partial charge in [0, 0.05) is 10.3 Å². The second-order valence-electron chi connectivity index (χ2n) is 8.02. The summed E-state index contributed by atoms with van der Waals surface area (Å²) in [5.74, 6) is -0.641. The molecule has 22 heteroatoms. The molecule has 0 heterocycles. The molecule has 4 aromatic carbocycles. The molecule has 0 saturated carbocycles. The second kappa shape index (κ2) is 14.2. The number of fused-ring (bicyclic) bond motifs is 1. The predicted molar refractivity (Wildman–Crippen MR) is 153 cm³/mol. The van der Waals surface area contributed by atoms with E-state index < -0.39 is 46.5 Å². The van der Waals surface area contributed by atoms with Gasteiger partial charge in [0.1, 0.15) is 21.2 Å². The lowest BCUT2D eigenvalue weighted by atomic mass is 10.1. The molecule has 0 radical (unpaired) electrons. The first kappa shape index (κ1) is 33.6. The van der Waals surface area contributed by atoms with Crippen molar-refractivity contribution in [2.45, 2.75) is 19.6 Å². The molecule has 0 atom stereocenters. The van der Waals surface area contributed by atoms with E-state index in [0.29, 0.717) is 22.6 Å². The fourth-order valence-corrected chi connectivity index (χ4v) is 5.99. The van der Waals surface area contributed by atoms with Gasteiger partial charge in [-0.2, -0.15) is 27.1 Å². The molecule has 0 fully saturated rings. The van der Waals surface area contributed by atoms with Crippen LogP contribution in [0.3, 0.4) is 0 Å². The second-order valence-corrected chi connectivity index (χ2v) is 12.7. The summed E-state index contributed by atoms with van der Waals surface area (Å²) in [6, 6.07) is 12.8. The van der Waals surface area contributed by atoms with Crippen molar-refractivity contribution < 1.29 is 60.3 Å². The van der Waals surface area contributed by atoms with E-state index in [9.17, 15) is 31.0 Å². The Morgan fingerprint density at radius 2 is 1.32 bits per heavy atom. The standard InChI is InChI=1S/C22H15ClN4O13S4/c23-16-10-15-11(8-19(16)43(31,32)33)7-18(42-40-38-30)21(22(15)28)27-26-17-6-3-13(9-20(17)44(34,35)36)25-24-12-1-4-14(5-2-12)41-39-37-29/h1-10,28-30H,(H,31,32,33)(H,34,35,36). The Labute approximate surface area is 260 Å². The molecule has 0 aliphatic carbocycles. The summed E-state index contributed by atoms with van der Waals surface area (Å²) in [5, 5.41) is 49.9. The average Bonchev–Trinajstić information content (AvgIpc) is 2.97. The molecule has 17 nitrogen and oxygen atoms in total. The van der Waals surface area contributed by atoms with Gasteiger partial charge in [-0.1, -0.05) is 21.7 Å². The first-order valence-electron chi connectivity index (χ1n) is 11.1. The van der Waals surface area contributed by atoms with Crippen molar-refractivity contribution in [1.82, 2.24) is 0 Å². The number of phenols is 1. The van der Waals surface area contributed by atoms with Gasteiger partial charge in [-0.3, -0.25) is 9.11 Å². The zero-order valence-electron chi connectivity index (χ0n) is 21.1. The van der Waals surface area contributed by atoms with Crippen LogP contribution in [0.4, 0.5) is 22.7 Å². The largest absolute Gasteiger partial charge is 0.505 e. The minimum Gasteiger partial charge on any atom is -0.505 e. The third-order valence-electron chi connectivity index (χ3n) is 5.29. The van der Waals surface area contributed by atoms with Gasteiger partial charge in [-0.25, -0.2) is 10.5 Å². The molecule has 0 spiro atoms. The third kappa shape index (κ3) is 8.24. The van der Waals surface area contributed by atoms with Crippen molar-refractivity contribution in [3.63, 3.8) is 0 Å². The van der Waals surface area contributed by atoms with E-state index in [1.54, 1.807) is 12.1 Å². The van der Waals surface area contributed by atoms with Crippen LogP contribution < -0.4 is 0 Å². The van der Waals surface area contributed by atoms with E-state index in [0.717, 1.165) is 36.3 Å². The molecule has 0 saturated heterocycles. The Kier molecular flexibility index (Phi) is 10.9. The van der Waals surface area contributed by atoms with Gasteiger partial charge in [0.2, 0.25) is 0 Å². The van der Waals surface area contributed by atoms with Crippen molar-refractivity contribution in [1.29, 1.82) is 0 Å². The van der Waals surface area contributed by atoms with Crippen molar-refractivity contribution in [3.8, 4) is 5.75 Å². The topological polar surface area (TPSA) is 256 Å². The van der Waals surface area contributed by atoms with Crippen molar-refractivity contribution in [2.24, 2.45) is 20.5 Å². The highest BCUT2D eigenvalue weighted by molar-refractivity contribution is 7.95. The number of aromatic hydroxyl groups is 1. The number of nitrogens with zero attached hydrogens (tertiary/aromatic N) is 4. The van der Waals surface area contributed by atoms with Gasteiger partial charge in [-0.15, -0.1) is 18.9 Å². The maximum Gasteiger partial charge on any atom is 0.296 e. The van der Waals surface area contributed by atoms with Crippen LogP contribution in [0.2, 0.25) is 5.02 Å². The molecular weight excluding hydrogens is 692 g/mol. The molecule has 4 rings (SSSR count). The summed E-state index contributed by atoms with van der Waals surface area (Å²) in [5.41, 5.74) is -0.424. The number of hydrogen-bond acceptors (Lipinski definition) is 17. The molecule has 5 N–H and O–H groups in total. The Morgan fingerprint density at radius 3 is 1.95 bits per heavy atom. The van der Waals surface area contributed by atoms with Crippen molar-refractivity contribution in [3.05, 3.63) is 65.7 Å². The smallest absolute Gasteiger partial charge is 0.296 e. The molecule has 4 aromatic rings. The summed E-state index contributed by atoms with van der Waals surface area (Å²) >= 11 is 6.99. The number of azo groups is 2. The molecule has 0 aliphatic rings. The van der Waals surface area contributed by atoms with Crippen LogP contribution >= 0.6 is 35.7 Å². The van der Waals surface area contributed by atoms with Gasteiger partial charge < -0.3 is 5.11 Å². The highest BCUT2D eigenvalue weighted by Crippen LogP contribution is 2.46. The fourth-order valence-electron chi connectivity index (χ4n) is 3.45. The van der Waals surface area contributed by atoms with E-state index in [4.69, 9.17) is 22.1 Å². The summed E-state index contributed by atoms with van der Waals surface area (Å²) in [6.45, 7) is 0. The Bertz CT molecular complexity index is 1980. The Hall–Kier alpha value is -3.29. The predicted octanol–water partition coefficient (Wildman–Crippen LogP) is 7.38. The van der Waals surface area contributed by atoms with Crippen molar-refractivity contribution in [2.75, 3.05) is 0 Å². The van der Waals surface area contributed by atoms with Gasteiger partial charge in [0.05, 0.1) is 45.4 Å². The van der Waals surface area contributed by atoms with Crippen LogP contribution in [0.1, 0.15) is 0 Å². The Balaban J connectivity index is 1.73. The number of hydrogen-bond donors (Lipinski definition) is 5. The van der Waals surface area contributed by atoms with E-state index in [-0.39, 0.29) is 27.0 Å². The summed E-state index contributed by atoms with van der Waals surface area (Å²) in [6.07, 6.45) is 0. The van der Waals surface area contributed by atoms with Gasteiger partial charge in [0.25, 0.3) is 20.2 Å². The van der Waals surface area contributed by atoms with Gasteiger partial charge in [-0.05, 0) is 66.0 Å². The molecule has 0 unspecified atom stereocenters. The molecule has 44 heavy (non-hydrogen) atoms. The van der Waals surface area contributed by atoms with E-state index in [1.165, 1.54) is 24.3 Å². The molecule has 0 aliphatic heterocycles. The number of halogens is 1. The zero-order valence-corrected chi connectivity index (χ0v) is 25.1. The van der Waals surface area contributed by atoms with Crippen molar-refractivity contribution >= 4 is 89.4 Å². The quantitative estimate of drug-likeness (QED) is 0.0316. The zero-order chi connectivity index (χ0) is 32.1. The van der Waals surface area contributed by atoms with Crippen LogP contribution in [0.15, 0.2) is 101 Å². The summed E-state index contributed by atoms with van der Waals surface area (Å²) < 4.78 is 75.6. The lowest BCUT2D eigenvalue weighted by molar-refractivity contribution is -0.432. The molecule has 0 amide bonds. The maximum absolute atomic E-state index is 12.2. The monoisotopic (exact) mass is 706 g/mol. The molecule has 0 aromatic heterocycles. The summed E-state index contributed by atoms with van der Waals surface area (Å²) in [7, 11) is -9.64. The SMILES string of the molecule is O=S(=O)(O)c1cc2cc(SOOO)c(N=Nc3ccc(N=Nc4ccc(SOOO)cc4)cc3S(=O)(=O)O)c(O)c2cc1Cl. The van der Waals surface area contributed by atoms with Crippen LogP contribution in [0.5, 0.6) is 5.75 Å². The van der Waals surface area contributed by atoms with Crippen LogP contribution in [-0.4, -0.2) is 41.6 Å². The van der Waals surface area contributed by atoms with Crippen LogP contribution in [-0.2, 0) is 39.0 Å². The lowest BCUT2D eigenvalue weighted by Crippen LogP contribution is -1.99. The fraction of sp³-hybridized carbons (Fsp3) is 0. The molecular formula is C22H15ClN4O13S4. The highest BCUT2D eigenvalue weighted by atomic mass is 35.5. The highest BCUT2D eigenvalue weighted by Gasteiger charge is 2.22. The van der Waals surface area contributed by atoms with Gasteiger partial charge >= 0.3 is 0 Å². The van der Waals surface area contributed by atoms with E-state index >= 15 is 0 Å². The first-order valence-corrected chi connectivity index (χ1v) is 15.9. The third-order valence-corrected chi connectivity index (χ3v) is 8.71. The van der Waals surface area contributed by atoms with E-state index in [2.05, 4.69) is 39.2 Å². The normalized spacial score (nSPS) is 12.6. The minimum atomic E-state index is -4.90.